The van der Waals surface area contributed by atoms with E-state index in [1.807, 2.05) is 33.5 Å². The lowest BCUT2D eigenvalue weighted by Gasteiger charge is -2.42. The van der Waals surface area contributed by atoms with Crippen LogP contribution in [0.3, 0.4) is 0 Å². The van der Waals surface area contributed by atoms with Crippen LogP contribution in [0.25, 0.3) is 11.0 Å². The van der Waals surface area contributed by atoms with E-state index in [1.165, 1.54) is 25.5 Å². The number of thiol groups is 1. The van der Waals surface area contributed by atoms with Crippen LogP contribution in [0.5, 0.6) is 0 Å². The molecule has 1 saturated heterocycles. The predicted octanol–water partition coefficient (Wildman–Crippen LogP) is 5.59. The molecule has 2 unspecified atom stereocenters. The van der Waals surface area contributed by atoms with E-state index in [-0.39, 0.29) is 29.9 Å². The molecule has 4 atom stereocenters. The summed E-state index contributed by atoms with van der Waals surface area (Å²) in [6.07, 6.45) is 1.69. The fraction of sp³-hybridized carbons (Fsp3) is 0.379. The van der Waals surface area contributed by atoms with Gasteiger partial charge >= 0.3 is 5.69 Å². The third-order valence-electron chi connectivity index (χ3n) is 8.32. The van der Waals surface area contributed by atoms with Crippen molar-refractivity contribution >= 4 is 35.2 Å². The Hall–Kier alpha value is -3.21. The van der Waals surface area contributed by atoms with E-state index >= 15 is 0 Å². The average Bonchev–Trinajstić information content (AvgIpc) is 3.65. The maximum absolute atomic E-state index is 13.2. The van der Waals surface area contributed by atoms with Crippen molar-refractivity contribution in [2.24, 2.45) is 0 Å². The Morgan fingerprint density at radius 1 is 1.03 bits per heavy atom. The van der Waals surface area contributed by atoms with E-state index in [0.717, 1.165) is 36.2 Å². The molecule has 6 rings (SSSR count). The summed E-state index contributed by atoms with van der Waals surface area (Å²) in [4.78, 5) is 17.0. The standard InChI is InChI=1S/C29H33N7OS2/c1-18-9-5-6-10-23(18)20(3)35-28(30-31-32-35)27(24-14-16-39-21(24)4)33-15-13-22(17-19(33)2)34-25-11-7-8-12-26(25)36(38)29(34)37/h5-12,14,16,19-20,22,27,38H,13,15,17H2,1-4H3/t19?,20-,22?,27+/m0/s1. The summed E-state index contributed by atoms with van der Waals surface area (Å²) in [6, 6.07) is 18.7. The molecule has 202 valence electrons. The number of para-hydroxylation sites is 2. The van der Waals surface area contributed by atoms with Crippen LogP contribution in [0.2, 0.25) is 0 Å². The first-order chi connectivity index (χ1) is 18.9. The highest BCUT2D eigenvalue weighted by Crippen LogP contribution is 2.40. The molecular formula is C29H33N7OS2. The van der Waals surface area contributed by atoms with Gasteiger partial charge in [0.1, 0.15) is 0 Å². The summed E-state index contributed by atoms with van der Waals surface area (Å²) < 4.78 is 5.39. The number of fused-ring (bicyclic) bond motifs is 1. The van der Waals surface area contributed by atoms with E-state index in [9.17, 15) is 4.79 Å². The van der Waals surface area contributed by atoms with Gasteiger partial charge in [-0.15, -0.1) is 16.4 Å². The van der Waals surface area contributed by atoms with Crippen LogP contribution in [0.1, 0.15) is 72.2 Å². The molecule has 0 spiro atoms. The van der Waals surface area contributed by atoms with Crippen LogP contribution < -0.4 is 5.69 Å². The largest absolute Gasteiger partial charge is 0.339 e. The van der Waals surface area contributed by atoms with Crippen LogP contribution in [-0.4, -0.2) is 46.2 Å². The predicted molar refractivity (Wildman–Crippen MR) is 159 cm³/mol. The Morgan fingerprint density at radius 3 is 2.49 bits per heavy atom. The Labute approximate surface area is 237 Å². The zero-order valence-corrected chi connectivity index (χ0v) is 24.3. The molecule has 8 nitrogen and oxygen atoms in total. The quantitative estimate of drug-likeness (QED) is 0.275. The summed E-state index contributed by atoms with van der Waals surface area (Å²) >= 11 is 6.24. The molecule has 2 aromatic carbocycles. The first kappa shape index (κ1) is 26.0. The molecule has 5 aromatic rings. The minimum Gasteiger partial charge on any atom is -0.288 e. The normalized spacial score (nSPS) is 19.9. The summed E-state index contributed by atoms with van der Waals surface area (Å²) in [5.74, 6) is 0.849. The van der Waals surface area contributed by atoms with Crippen molar-refractivity contribution in [2.75, 3.05) is 6.54 Å². The van der Waals surface area contributed by atoms with E-state index in [1.54, 1.807) is 11.3 Å². The zero-order chi connectivity index (χ0) is 27.3. The molecule has 4 heterocycles. The van der Waals surface area contributed by atoms with Crippen molar-refractivity contribution in [2.45, 2.75) is 64.7 Å². The molecule has 1 fully saturated rings. The fourth-order valence-electron chi connectivity index (χ4n) is 6.28. The smallest absolute Gasteiger partial charge is 0.288 e. The molecule has 0 aliphatic carbocycles. The number of hydrogen-bond donors (Lipinski definition) is 1. The Kier molecular flexibility index (Phi) is 6.95. The van der Waals surface area contributed by atoms with E-state index < -0.39 is 0 Å². The van der Waals surface area contributed by atoms with Gasteiger partial charge in [-0.3, -0.25) is 9.47 Å². The number of imidazole rings is 1. The van der Waals surface area contributed by atoms with Gasteiger partial charge < -0.3 is 0 Å². The van der Waals surface area contributed by atoms with Crippen LogP contribution >= 0.6 is 24.2 Å². The lowest BCUT2D eigenvalue weighted by atomic mass is 9.93. The second-order valence-electron chi connectivity index (χ2n) is 10.6. The van der Waals surface area contributed by atoms with Crippen molar-refractivity contribution in [3.05, 3.63) is 97.9 Å². The molecule has 0 saturated carbocycles. The Bertz CT molecular complexity index is 1680. The zero-order valence-electron chi connectivity index (χ0n) is 22.6. The van der Waals surface area contributed by atoms with Crippen LogP contribution in [0, 0.1) is 13.8 Å². The van der Waals surface area contributed by atoms with Crippen molar-refractivity contribution in [3.8, 4) is 0 Å². The molecule has 39 heavy (non-hydrogen) atoms. The molecule has 1 aliphatic heterocycles. The van der Waals surface area contributed by atoms with Crippen molar-refractivity contribution in [1.82, 2.24) is 33.6 Å². The number of benzene rings is 2. The van der Waals surface area contributed by atoms with Crippen LogP contribution in [0.4, 0.5) is 0 Å². The van der Waals surface area contributed by atoms with Gasteiger partial charge in [0.05, 0.1) is 23.1 Å². The van der Waals surface area contributed by atoms with Crippen molar-refractivity contribution < 1.29 is 0 Å². The molecule has 10 heteroatoms. The highest BCUT2D eigenvalue weighted by Gasteiger charge is 2.38. The lowest BCUT2D eigenvalue weighted by Crippen LogP contribution is -2.46. The second-order valence-corrected chi connectivity index (χ2v) is 12.1. The number of thiophene rings is 1. The maximum atomic E-state index is 13.2. The number of rotatable bonds is 6. The number of aromatic nitrogens is 6. The molecular weight excluding hydrogens is 527 g/mol. The highest BCUT2D eigenvalue weighted by molar-refractivity contribution is 7.78. The molecule has 0 amide bonds. The molecule has 3 aromatic heterocycles. The summed E-state index contributed by atoms with van der Waals surface area (Å²) in [6.45, 7) is 9.53. The molecule has 1 aliphatic rings. The lowest BCUT2D eigenvalue weighted by molar-refractivity contribution is 0.0898. The van der Waals surface area contributed by atoms with Crippen molar-refractivity contribution in [3.63, 3.8) is 0 Å². The number of hydrogen-bond acceptors (Lipinski definition) is 7. The van der Waals surface area contributed by atoms with E-state index in [0.29, 0.717) is 0 Å². The van der Waals surface area contributed by atoms with Gasteiger partial charge in [0.15, 0.2) is 5.82 Å². The Balaban J connectivity index is 1.37. The first-order valence-corrected chi connectivity index (χ1v) is 14.7. The molecule has 0 radical (unpaired) electrons. The minimum atomic E-state index is -0.0865. The van der Waals surface area contributed by atoms with Crippen LogP contribution in [0.15, 0.2) is 64.8 Å². The number of likely N-dealkylation sites (tertiary alicyclic amines) is 1. The number of aryl methyl sites for hydroxylation is 2. The number of tetrazole rings is 1. The summed E-state index contributed by atoms with van der Waals surface area (Å²) in [5.41, 5.74) is 5.37. The average molecular weight is 560 g/mol. The topological polar surface area (TPSA) is 73.8 Å². The van der Waals surface area contributed by atoms with Crippen molar-refractivity contribution in [1.29, 1.82) is 0 Å². The number of nitrogens with zero attached hydrogens (tertiary/aromatic N) is 7. The third kappa shape index (κ3) is 4.44. The monoisotopic (exact) mass is 559 g/mol. The minimum absolute atomic E-state index is 0.00872. The van der Waals surface area contributed by atoms with Gasteiger partial charge in [-0.1, -0.05) is 49.2 Å². The van der Waals surface area contributed by atoms with Gasteiger partial charge in [0.25, 0.3) is 0 Å². The maximum Gasteiger partial charge on any atom is 0.339 e. The summed E-state index contributed by atoms with van der Waals surface area (Å²) in [5, 5.41) is 15.5. The summed E-state index contributed by atoms with van der Waals surface area (Å²) in [7, 11) is 0. The SMILES string of the molecule is Cc1ccccc1[C@H](C)n1nnnc1[C@@H](c1ccsc1C)N1CCC(n2c(=O)n(S)c3ccccc32)CC1C. The van der Waals surface area contributed by atoms with Crippen LogP contribution in [-0.2, 0) is 0 Å². The molecule has 0 bridgehead atoms. The van der Waals surface area contributed by atoms with Gasteiger partial charge in [0, 0.05) is 23.5 Å². The highest BCUT2D eigenvalue weighted by atomic mass is 32.1. The Morgan fingerprint density at radius 2 is 1.77 bits per heavy atom. The van der Waals surface area contributed by atoms with Gasteiger partial charge in [0.2, 0.25) is 0 Å². The van der Waals surface area contributed by atoms with Gasteiger partial charge in [-0.2, -0.15) is 0 Å². The third-order valence-corrected chi connectivity index (χ3v) is 9.56. The van der Waals surface area contributed by atoms with E-state index in [4.69, 9.17) is 0 Å². The molecule has 0 N–H and O–H groups in total. The first-order valence-electron chi connectivity index (χ1n) is 13.4. The number of piperidine rings is 1. The second kappa shape index (κ2) is 10.4. The fourth-order valence-corrected chi connectivity index (χ4v) is 7.28. The van der Waals surface area contributed by atoms with Gasteiger partial charge in [-0.05, 0) is 91.2 Å². The van der Waals surface area contributed by atoms with E-state index in [2.05, 4.69) is 96.6 Å². The van der Waals surface area contributed by atoms with Gasteiger partial charge in [-0.25, -0.2) is 13.4 Å².